The largest absolute Gasteiger partial charge is 0.371 e. The van der Waals surface area contributed by atoms with Gasteiger partial charge in [0.15, 0.2) is 0 Å². The number of benzene rings is 1. The summed E-state index contributed by atoms with van der Waals surface area (Å²) >= 11 is 0. The molecule has 0 fully saturated rings. The second kappa shape index (κ2) is 6.03. The van der Waals surface area contributed by atoms with E-state index in [0.29, 0.717) is 24.5 Å². The summed E-state index contributed by atoms with van der Waals surface area (Å²) in [6.45, 7) is 6.30. The molecule has 1 amide bonds. The first-order valence-electron chi connectivity index (χ1n) is 5.93. The molecule has 0 bridgehead atoms. The van der Waals surface area contributed by atoms with Crippen LogP contribution in [-0.2, 0) is 14.9 Å². The van der Waals surface area contributed by atoms with Crippen LogP contribution in [0.2, 0.25) is 0 Å². The van der Waals surface area contributed by atoms with Gasteiger partial charge in [-0.1, -0.05) is 0 Å². The van der Waals surface area contributed by atoms with Crippen LogP contribution in [0.4, 0.5) is 11.4 Å². The Morgan fingerprint density at radius 1 is 1.32 bits per heavy atom. The minimum Gasteiger partial charge on any atom is -0.371 e. The Kier molecular flexibility index (Phi) is 4.90. The summed E-state index contributed by atoms with van der Waals surface area (Å²) in [4.78, 5) is 12.6. The molecule has 0 spiro atoms. The van der Waals surface area contributed by atoms with Gasteiger partial charge < -0.3 is 10.2 Å². The van der Waals surface area contributed by atoms with Crippen LogP contribution in [0, 0.1) is 0 Å². The maximum atomic E-state index is 11.4. The highest BCUT2D eigenvalue weighted by molar-refractivity contribution is 7.86. The quantitative estimate of drug-likeness (QED) is 0.805. The number of anilines is 2. The first-order chi connectivity index (χ1) is 8.79. The van der Waals surface area contributed by atoms with E-state index >= 15 is 0 Å². The standard InChI is InChI=1S/C12H18N2O4S/c1-4-14(5-2)11-8-10(13-9(3)15)6-7-12(11)19(16,17)18/h6-8H,4-5H2,1-3H3,(H,13,15)(H,16,17,18). The topological polar surface area (TPSA) is 86.7 Å². The van der Waals surface area contributed by atoms with Crippen LogP contribution in [0.1, 0.15) is 20.8 Å². The fourth-order valence-electron chi connectivity index (χ4n) is 1.83. The molecule has 0 saturated heterocycles. The Morgan fingerprint density at radius 3 is 2.32 bits per heavy atom. The van der Waals surface area contributed by atoms with E-state index in [1.54, 1.807) is 4.90 Å². The van der Waals surface area contributed by atoms with Gasteiger partial charge in [-0.3, -0.25) is 9.35 Å². The molecular formula is C12H18N2O4S. The summed E-state index contributed by atoms with van der Waals surface area (Å²) in [5.74, 6) is -0.245. The molecule has 0 aromatic heterocycles. The van der Waals surface area contributed by atoms with Crippen molar-refractivity contribution in [1.82, 2.24) is 0 Å². The van der Waals surface area contributed by atoms with Crippen molar-refractivity contribution in [3.63, 3.8) is 0 Å². The van der Waals surface area contributed by atoms with Crippen LogP contribution in [-0.4, -0.2) is 32.0 Å². The van der Waals surface area contributed by atoms with Crippen LogP contribution in [0.5, 0.6) is 0 Å². The van der Waals surface area contributed by atoms with Gasteiger partial charge in [-0.05, 0) is 32.0 Å². The molecule has 1 aromatic carbocycles. The molecule has 7 heteroatoms. The third-order valence-electron chi connectivity index (χ3n) is 2.66. The SMILES string of the molecule is CCN(CC)c1cc(NC(C)=O)ccc1S(=O)(=O)O. The van der Waals surface area contributed by atoms with Gasteiger partial charge in [-0.25, -0.2) is 0 Å². The predicted octanol–water partition coefficient (Wildman–Crippen LogP) is 1.74. The zero-order chi connectivity index (χ0) is 14.6. The molecule has 0 unspecified atom stereocenters. The van der Waals surface area contributed by atoms with Gasteiger partial charge in [0.25, 0.3) is 10.1 Å². The highest BCUT2D eigenvalue weighted by Gasteiger charge is 2.19. The summed E-state index contributed by atoms with van der Waals surface area (Å²) in [5.41, 5.74) is 0.862. The van der Waals surface area contributed by atoms with Crippen LogP contribution in [0.3, 0.4) is 0 Å². The third-order valence-corrected chi connectivity index (χ3v) is 3.56. The summed E-state index contributed by atoms with van der Waals surface area (Å²) < 4.78 is 32.0. The van der Waals surface area contributed by atoms with Crippen molar-refractivity contribution >= 4 is 27.4 Å². The monoisotopic (exact) mass is 286 g/mol. The smallest absolute Gasteiger partial charge is 0.296 e. The molecule has 2 N–H and O–H groups in total. The van der Waals surface area contributed by atoms with Crippen LogP contribution in [0.15, 0.2) is 23.1 Å². The van der Waals surface area contributed by atoms with Crippen molar-refractivity contribution in [3.05, 3.63) is 18.2 Å². The summed E-state index contributed by atoms with van der Waals surface area (Å²) in [7, 11) is -4.30. The molecule has 0 aliphatic carbocycles. The van der Waals surface area contributed by atoms with Crippen molar-refractivity contribution in [2.75, 3.05) is 23.3 Å². The molecule has 6 nitrogen and oxygen atoms in total. The highest BCUT2D eigenvalue weighted by Crippen LogP contribution is 2.28. The van der Waals surface area contributed by atoms with Gasteiger partial charge in [0.2, 0.25) is 5.91 Å². The van der Waals surface area contributed by atoms with E-state index in [1.165, 1.54) is 25.1 Å². The van der Waals surface area contributed by atoms with Gasteiger partial charge in [0.1, 0.15) is 4.90 Å². The van der Waals surface area contributed by atoms with E-state index in [9.17, 15) is 17.8 Å². The van der Waals surface area contributed by atoms with E-state index in [2.05, 4.69) is 5.32 Å². The van der Waals surface area contributed by atoms with Crippen molar-refractivity contribution in [2.45, 2.75) is 25.7 Å². The van der Waals surface area contributed by atoms with Crippen LogP contribution >= 0.6 is 0 Å². The van der Waals surface area contributed by atoms with E-state index in [-0.39, 0.29) is 10.8 Å². The van der Waals surface area contributed by atoms with Gasteiger partial charge in [-0.15, -0.1) is 0 Å². The van der Waals surface area contributed by atoms with E-state index in [1.807, 2.05) is 13.8 Å². The third kappa shape index (κ3) is 3.93. The molecule has 106 valence electrons. The molecule has 0 radical (unpaired) electrons. The number of hydrogen-bond donors (Lipinski definition) is 2. The summed E-state index contributed by atoms with van der Waals surface area (Å²) in [6, 6.07) is 4.27. The minimum absolute atomic E-state index is 0.162. The Labute approximate surface area is 113 Å². The Balaban J connectivity index is 3.38. The Bertz CT molecular complexity index is 565. The fourth-order valence-corrected chi connectivity index (χ4v) is 2.52. The maximum absolute atomic E-state index is 11.4. The molecule has 0 atom stereocenters. The zero-order valence-corrected chi connectivity index (χ0v) is 12.0. The number of rotatable bonds is 5. The lowest BCUT2D eigenvalue weighted by Gasteiger charge is -2.23. The summed E-state index contributed by atoms with van der Waals surface area (Å²) in [6.07, 6.45) is 0. The average molecular weight is 286 g/mol. The van der Waals surface area contributed by atoms with Crippen molar-refractivity contribution in [3.8, 4) is 0 Å². The average Bonchev–Trinajstić information content (AvgIpc) is 2.28. The number of nitrogens with one attached hydrogen (secondary N) is 1. The molecule has 19 heavy (non-hydrogen) atoms. The van der Waals surface area contributed by atoms with Crippen molar-refractivity contribution in [1.29, 1.82) is 0 Å². The minimum atomic E-state index is -4.30. The van der Waals surface area contributed by atoms with E-state index < -0.39 is 10.1 Å². The number of amides is 1. The lowest BCUT2D eigenvalue weighted by atomic mass is 10.2. The van der Waals surface area contributed by atoms with Gasteiger partial charge >= 0.3 is 0 Å². The number of nitrogens with zero attached hydrogens (tertiary/aromatic N) is 1. The van der Waals surface area contributed by atoms with Crippen LogP contribution in [0.25, 0.3) is 0 Å². The predicted molar refractivity (Wildman–Crippen MR) is 74.1 cm³/mol. The van der Waals surface area contributed by atoms with E-state index in [4.69, 9.17) is 0 Å². The van der Waals surface area contributed by atoms with Gasteiger partial charge in [0.05, 0.1) is 5.69 Å². The Hall–Kier alpha value is -1.60. The van der Waals surface area contributed by atoms with Crippen molar-refractivity contribution < 1.29 is 17.8 Å². The molecule has 0 aliphatic heterocycles. The lowest BCUT2D eigenvalue weighted by Crippen LogP contribution is -2.24. The van der Waals surface area contributed by atoms with E-state index in [0.717, 1.165) is 0 Å². The van der Waals surface area contributed by atoms with Crippen molar-refractivity contribution in [2.24, 2.45) is 0 Å². The highest BCUT2D eigenvalue weighted by atomic mass is 32.2. The fraction of sp³-hybridized carbons (Fsp3) is 0.417. The van der Waals surface area contributed by atoms with Crippen LogP contribution < -0.4 is 10.2 Å². The molecule has 1 rings (SSSR count). The zero-order valence-electron chi connectivity index (χ0n) is 11.2. The summed E-state index contributed by atoms with van der Waals surface area (Å²) in [5, 5.41) is 2.58. The number of hydrogen-bond acceptors (Lipinski definition) is 4. The van der Waals surface area contributed by atoms with Gasteiger partial charge in [0, 0.05) is 25.7 Å². The maximum Gasteiger partial charge on any atom is 0.296 e. The molecule has 0 saturated carbocycles. The first kappa shape index (κ1) is 15.5. The molecule has 0 aliphatic rings. The number of carbonyl (C=O) groups is 1. The lowest BCUT2D eigenvalue weighted by molar-refractivity contribution is -0.114. The molecular weight excluding hydrogens is 268 g/mol. The number of carbonyl (C=O) groups excluding carboxylic acids is 1. The normalized spacial score (nSPS) is 11.2. The first-order valence-corrected chi connectivity index (χ1v) is 7.37. The Morgan fingerprint density at radius 2 is 1.89 bits per heavy atom. The molecule has 0 heterocycles. The second-order valence-corrected chi connectivity index (χ2v) is 5.40. The second-order valence-electron chi connectivity index (χ2n) is 4.01. The molecule has 1 aromatic rings. The van der Waals surface area contributed by atoms with Gasteiger partial charge in [-0.2, -0.15) is 8.42 Å².